The molecule has 0 saturated heterocycles. The summed E-state index contributed by atoms with van der Waals surface area (Å²) in [5.41, 5.74) is 2.64. The van der Waals surface area contributed by atoms with Crippen LogP contribution in [0.15, 0.2) is 51.8 Å². The SMILES string of the molecule is CNc1ccc(SC2=CCCC(C)=C2)cc1. The third kappa shape index (κ3) is 2.92. The van der Waals surface area contributed by atoms with Gasteiger partial charge in [-0.3, -0.25) is 0 Å². The van der Waals surface area contributed by atoms with Crippen molar-refractivity contribution in [2.45, 2.75) is 24.7 Å². The third-order valence-corrected chi connectivity index (χ3v) is 3.68. The maximum atomic E-state index is 3.13. The van der Waals surface area contributed by atoms with Crippen molar-refractivity contribution >= 4 is 17.4 Å². The van der Waals surface area contributed by atoms with Gasteiger partial charge in [-0.05, 0) is 50.1 Å². The van der Waals surface area contributed by atoms with Gasteiger partial charge in [0.25, 0.3) is 0 Å². The van der Waals surface area contributed by atoms with Crippen molar-refractivity contribution in [2.75, 3.05) is 12.4 Å². The Bertz CT molecular complexity index is 415. The fourth-order valence-corrected chi connectivity index (χ4v) is 2.72. The van der Waals surface area contributed by atoms with E-state index in [2.05, 4.69) is 48.7 Å². The molecule has 0 amide bonds. The fraction of sp³-hybridized carbons (Fsp3) is 0.286. The summed E-state index contributed by atoms with van der Waals surface area (Å²) in [6.07, 6.45) is 7.01. The number of rotatable bonds is 3. The van der Waals surface area contributed by atoms with Crippen LogP contribution in [0, 0.1) is 0 Å². The van der Waals surface area contributed by atoms with E-state index >= 15 is 0 Å². The van der Waals surface area contributed by atoms with E-state index in [1.807, 2.05) is 18.8 Å². The van der Waals surface area contributed by atoms with E-state index in [-0.39, 0.29) is 0 Å². The molecule has 1 aromatic rings. The topological polar surface area (TPSA) is 12.0 Å². The van der Waals surface area contributed by atoms with Crippen LogP contribution < -0.4 is 5.32 Å². The van der Waals surface area contributed by atoms with E-state index in [1.54, 1.807) is 0 Å². The summed E-state index contributed by atoms with van der Waals surface area (Å²) in [5, 5.41) is 3.13. The van der Waals surface area contributed by atoms with Crippen LogP contribution in [0.5, 0.6) is 0 Å². The van der Waals surface area contributed by atoms with Gasteiger partial charge in [-0.2, -0.15) is 0 Å². The monoisotopic (exact) mass is 231 g/mol. The quantitative estimate of drug-likeness (QED) is 0.825. The molecule has 1 aliphatic carbocycles. The van der Waals surface area contributed by atoms with Crippen molar-refractivity contribution in [1.82, 2.24) is 0 Å². The molecule has 0 bridgehead atoms. The molecule has 0 aliphatic heterocycles. The standard InChI is InChI=1S/C14H17NS/c1-11-4-3-5-14(10-11)16-13-8-6-12(15-2)7-9-13/h5-10,15H,3-4H2,1-2H3. The molecule has 0 fully saturated rings. The number of allylic oxidation sites excluding steroid dienone is 3. The van der Waals surface area contributed by atoms with Gasteiger partial charge < -0.3 is 5.32 Å². The average Bonchev–Trinajstić information content (AvgIpc) is 2.30. The molecule has 1 aliphatic rings. The third-order valence-electron chi connectivity index (χ3n) is 2.65. The number of thioether (sulfide) groups is 1. The van der Waals surface area contributed by atoms with Crippen LogP contribution in [0.25, 0.3) is 0 Å². The van der Waals surface area contributed by atoms with Gasteiger partial charge in [0.15, 0.2) is 0 Å². The van der Waals surface area contributed by atoms with Gasteiger partial charge in [0.05, 0.1) is 0 Å². The number of hydrogen-bond acceptors (Lipinski definition) is 2. The molecule has 1 N–H and O–H groups in total. The summed E-state index contributed by atoms with van der Waals surface area (Å²) in [4.78, 5) is 2.68. The van der Waals surface area contributed by atoms with Gasteiger partial charge in [0.2, 0.25) is 0 Å². The van der Waals surface area contributed by atoms with Gasteiger partial charge in [0, 0.05) is 22.5 Å². The van der Waals surface area contributed by atoms with Gasteiger partial charge >= 0.3 is 0 Å². The Hall–Kier alpha value is -1.15. The Morgan fingerprint density at radius 1 is 1.19 bits per heavy atom. The smallest absolute Gasteiger partial charge is 0.0338 e. The van der Waals surface area contributed by atoms with Crippen LogP contribution in [-0.4, -0.2) is 7.05 Å². The molecule has 2 rings (SSSR count). The van der Waals surface area contributed by atoms with Crippen LogP contribution in [-0.2, 0) is 0 Å². The highest BCUT2D eigenvalue weighted by molar-refractivity contribution is 8.03. The number of benzene rings is 1. The van der Waals surface area contributed by atoms with Crippen molar-refractivity contribution in [1.29, 1.82) is 0 Å². The largest absolute Gasteiger partial charge is 0.388 e. The molecule has 1 nitrogen and oxygen atoms in total. The van der Waals surface area contributed by atoms with E-state index in [9.17, 15) is 0 Å². The summed E-state index contributed by atoms with van der Waals surface area (Å²) in [6.45, 7) is 2.21. The van der Waals surface area contributed by atoms with E-state index in [1.165, 1.54) is 28.2 Å². The van der Waals surface area contributed by atoms with Crippen molar-refractivity contribution in [3.05, 3.63) is 46.9 Å². The molecule has 2 heteroatoms. The van der Waals surface area contributed by atoms with Gasteiger partial charge in [-0.15, -0.1) is 0 Å². The zero-order valence-corrected chi connectivity index (χ0v) is 10.6. The van der Waals surface area contributed by atoms with Gasteiger partial charge in [-0.1, -0.05) is 23.4 Å². The molecule has 1 aromatic carbocycles. The molecular weight excluding hydrogens is 214 g/mol. The zero-order valence-electron chi connectivity index (χ0n) is 9.79. The van der Waals surface area contributed by atoms with Crippen molar-refractivity contribution < 1.29 is 0 Å². The van der Waals surface area contributed by atoms with Crippen LogP contribution in [0.4, 0.5) is 5.69 Å². The fourth-order valence-electron chi connectivity index (χ4n) is 1.71. The van der Waals surface area contributed by atoms with Crippen molar-refractivity contribution in [2.24, 2.45) is 0 Å². The first kappa shape index (κ1) is 11.3. The number of nitrogens with one attached hydrogen (secondary N) is 1. The second-order valence-electron chi connectivity index (χ2n) is 4.01. The first-order valence-electron chi connectivity index (χ1n) is 5.61. The summed E-state index contributed by atoms with van der Waals surface area (Å²) in [5.74, 6) is 0. The zero-order chi connectivity index (χ0) is 11.4. The summed E-state index contributed by atoms with van der Waals surface area (Å²) in [6, 6.07) is 8.55. The lowest BCUT2D eigenvalue weighted by molar-refractivity contribution is 0.958. The van der Waals surface area contributed by atoms with Gasteiger partial charge in [0.1, 0.15) is 0 Å². The Labute approximate surface area is 102 Å². The lowest BCUT2D eigenvalue weighted by Crippen LogP contribution is -1.88. The molecular formula is C14H17NS. The van der Waals surface area contributed by atoms with Crippen LogP contribution in [0.2, 0.25) is 0 Å². The summed E-state index contributed by atoms with van der Waals surface area (Å²) in [7, 11) is 1.94. The maximum absolute atomic E-state index is 3.13. The predicted octanol–water partition coefficient (Wildman–Crippen LogP) is 4.44. The summed E-state index contributed by atoms with van der Waals surface area (Å²) < 4.78 is 0. The maximum Gasteiger partial charge on any atom is 0.0338 e. The Morgan fingerprint density at radius 2 is 1.94 bits per heavy atom. The lowest BCUT2D eigenvalue weighted by Gasteiger charge is -2.10. The second-order valence-corrected chi connectivity index (χ2v) is 5.16. The molecule has 0 radical (unpaired) electrons. The van der Waals surface area contributed by atoms with E-state index in [4.69, 9.17) is 0 Å². The number of anilines is 1. The molecule has 0 spiro atoms. The van der Waals surface area contributed by atoms with E-state index in [0.717, 1.165) is 5.69 Å². The molecule has 84 valence electrons. The van der Waals surface area contributed by atoms with E-state index < -0.39 is 0 Å². The molecule has 0 aromatic heterocycles. The van der Waals surface area contributed by atoms with Crippen LogP contribution in [0.3, 0.4) is 0 Å². The molecule has 0 saturated carbocycles. The Kier molecular flexibility index (Phi) is 3.73. The average molecular weight is 231 g/mol. The minimum absolute atomic E-state index is 1.16. The summed E-state index contributed by atoms with van der Waals surface area (Å²) >= 11 is 1.84. The van der Waals surface area contributed by atoms with Crippen molar-refractivity contribution in [3.63, 3.8) is 0 Å². The molecule has 0 atom stereocenters. The highest BCUT2D eigenvalue weighted by atomic mass is 32.2. The highest BCUT2D eigenvalue weighted by Gasteiger charge is 2.03. The highest BCUT2D eigenvalue weighted by Crippen LogP contribution is 2.32. The first-order chi connectivity index (χ1) is 7.78. The predicted molar refractivity (Wildman–Crippen MR) is 72.9 cm³/mol. The molecule has 16 heavy (non-hydrogen) atoms. The van der Waals surface area contributed by atoms with Crippen LogP contribution >= 0.6 is 11.8 Å². The lowest BCUT2D eigenvalue weighted by atomic mass is 10.1. The minimum Gasteiger partial charge on any atom is -0.388 e. The number of hydrogen-bond donors (Lipinski definition) is 1. The Balaban J connectivity index is 2.06. The molecule has 0 unspecified atom stereocenters. The second kappa shape index (κ2) is 5.26. The normalized spacial score (nSPS) is 15.4. The molecule has 0 heterocycles. The van der Waals surface area contributed by atoms with Gasteiger partial charge in [-0.25, -0.2) is 0 Å². The minimum atomic E-state index is 1.16. The first-order valence-corrected chi connectivity index (χ1v) is 6.42. The van der Waals surface area contributed by atoms with E-state index in [0.29, 0.717) is 0 Å². The van der Waals surface area contributed by atoms with Crippen LogP contribution in [0.1, 0.15) is 19.8 Å². The van der Waals surface area contributed by atoms with Crippen molar-refractivity contribution in [3.8, 4) is 0 Å². The Morgan fingerprint density at radius 3 is 2.56 bits per heavy atom.